The van der Waals surface area contributed by atoms with Crippen molar-refractivity contribution in [3.8, 4) is 0 Å². The van der Waals surface area contributed by atoms with E-state index in [4.69, 9.17) is 20.4 Å². The van der Waals surface area contributed by atoms with Crippen molar-refractivity contribution in [1.82, 2.24) is 0 Å². The highest BCUT2D eigenvalue weighted by molar-refractivity contribution is 4.49. The van der Waals surface area contributed by atoms with E-state index >= 15 is 0 Å². The lowest BCUT2D eigenvalue weighted by atomic mass is 10.1. The van der Waals surface area contributed by atoms with Crippen molar-refractivity contribution >= 4 is 0 Å². The molecule has 4 nitrogen and oxygen atoms in total. The van der Waals surface area contributed by atoms with Gasteiger partial charge in [-0.1, -0.05) is 6.92 Å². The zero-order valence-corrected chi connectivity index (χ0v) is 7.77. The predicted molar refractivity (Wildman–Crippen MR) is 46.7 cm³/mol. The highest BCUT2D eigenvalue weighted by Crippen LogP contribution is 1.96. The first kappa shape index (κ1) is 14.4. The molecule has 0 aliphatic carbocycles. The average Bonchev–Trinajstić information content (AvgIpc) is 2.09. The van der Waals surface area contributed by atoms with Gasteiger partial charge in [0.25, 0.3) is 0 Å². The smallest absolute Gasteiger partial charge is 0.0742 e. The van der Waals surface area contributed by atoms with Crippen molar-refractivity contribution in [3.05, 3.63) is 0 Å². The van der Waals surface area contributed by atoms with Crippen LogP contribution in [0.5, 0.6) is 0 Å². The van der Waals surface area contributed by atoms with Crippen LogP contribution in [0.1, 0.15) is 20.3 Å². The number of hydrogen-bond donors (Lipinski definition) is 4. The molecule has 0 rings (SSSR count). The van der Waals surface area contributed by atoms with Gasteiger partial charge in [0.15, 0.2) is 0 Å². The van der Waals surface area contributed by atoms with Crippen LogP contribution < -0.4 is 0 Å². The summed E-state index contributed by atoms with van der Waals surface area (Å²) in [6.07, 6.45) is 0.294. The third-order valence-electron chi connectivity index (χ3n) is 1.36. The van der Waals surface area contributed by atoms with Crippen LogP contribution in [-0.4, -0.2) is 46.4 Å². The number of rotatable bonds is 4. The Morgan fingerprint density at radius 1 is 1.00 bits per heavy atom. The largest absolute Gasteiger partial charge is 0.396 e. The topological polar surface area (TPSA) is 80.9 Å². The zero-order chi connectivity index (χ0) is 9.98. The lowest BCUT2D eigenvalue weighted by Crippen LogP contribution is -2.08. The van der Waals surface area contributed by atoms with E-state index in [1.165, 1.54) is 6.92 Å². The van der Waals surface area contributed by atoms with Gasteiger partial charge in [0.1, 0.15) is 0 Å². The monoisotopic (exact) mass is 180 g/mol. The van der Waals surface area contributed by atoms with Crippen LogP contribution in [0, 0.1) is 5.92 Å². The van der Waals surface area contributed by atoms with Gasteiger partial charge in [-0.25, -0.2) is 0 Å². The molecule has 76 valence electrons. The van der Waals surface area contributed by atoms with Gasteiger partial charge in [-0.05, 0) is 13.3 Å². The summed E-state index contributed by atoms with van der Waals surface area (Å²) < 4.78 is 0. The summed E-state index contributed by atoms with van der Waals surface area (Å²) >= 11 is 0. The first-order valence-corrected chi connectivity index (χ1v) is 4.12. The summed E-state index contributed by atoms with van der Waals surface area (Å²) in [5.41, 5.74) is 0. The third kappa shape index (κ3) is 12.5. The Bertz CT molecular complexity index is 65.9. The highest BCUT2D eigenvalue weighted by atomic mass is 16.3. The quantitative estimate of drug-likeness (QED) is 0.464. The second kappa shape index (κ2) is 10.8. The summed E-state index contributed by atoms with van der Waals surface area (Å²) in [5, 5.41) is 32.7. The van der Waals surface area contributed by atoms with E-state index < -0.39 is 6.10 Å². The van der Waals surface area contributed by atoms with Crippen molar-refractivity contribution in [3.63, 3.8) is 0 Å². The van der Waals surface area contributed by atoms with Crippen molar-refractivity contribution in [2.75, 3.05) is 19.8 Å². The van der Waals surface area contributed by atoms with Gasteiger partial charge in [0, 0.05) is 19.1 Å². The first-order chi connectivity index (χ1) is 5.62. The molecule has 12 heavy (non-hydrogen) atoms. The van der Waals surface area contributed by atoms with Gasteiger partial charge in [-0.3, -0.25) is 0 Å². The Morgan fingerprint density at radius 3 is 1.33 bits per heavy atom. The van der Waals surface area contributed by atoms with E-state index in [-0.39, 0.29) is 25.7 Å². The fourth-order valence-electron chi connectivity index (χ4n) is 0.316. The second-order valence-corrected chi connectivity index (χ2v) is 2.67. The van der Waals surface area contributed by atoms with Crippen LogP contribution in [0.3, 0.4) is 0 Å². The molecular formula is C8H20O4. The number of aliphatic hydroxyl groups is 4. The van der Waals surface area contributed by atoms with Crippen molar-refractivity contribution in [1.29, 1.82) is 0 Å². The van der Waals surface area contributed by atoms with Crippen LogP contribution in [0.15, 0.2) is 0 Å². The Hall–Kier alpha value is -0.160. The van der Waals surface area contributed by atoms with Gasteiger partial charge >= 0.3 is 0 Å². The minimum Gasteiger partial charge on any atom is -0.396 e. The van der Waals surface area contributed by atoms with Crippen molar-refractivity contribution < 1.29 is 20.4 Å². The lowest BCUT2D eigenvalue weighted by molar-refractivity contribution is 0.110. The molecule has 4 heteroatoms. The maximum absolute atomic E-state index is 8.37. The number of hydrogen-bond acceptors (Lipinski definition) is 4. The third-order valence-corrected chi connectivity index (χ3v) is 1.36. The highest BCUT2D eigenvalue weighted by Gasteiger charge is 1.98. The zero-order valence-electron chi connectivity index (χ0n) is 7.77. The standard InChI is InChI=1S/C5H12O2.C3H8O2/c1-2-5(3-6)4-7;1-3(5)2-4/h5-7H,2-4H2,1H3;3-5H,2H2,1H3. The molecule has 0 fully saturated rings. The molecule has 0 aliphatic rings. The van der Waals surface area contributed by atoms with Crippen LogP contribution in [-0.2, 0) is 0 Å². The molecule has 0 aromatic rings. The van der Waals surface area contributed by atoms with Crippen molar-refractivity contribution in [2.45, 2.75) is 26.4 Å². The average molecular weight is 180 g/mol. The fraction of sp³-hybridized carbons (Fsp3) is 1.00. The second-order valence-electron chi connectivity index (χ2n) is 2.67. The molecule has 0 radical (unpaired) electrons. The molecule has 1 unspecified atom stereocenters. The van der Waals surface area contributed by atoms with Gasteiger partial charge in [0.05, 0.1) is 12.7 Å². The lowest BCUT2D eigenvalue weighted by Gasteiger charge is -2.03. The normalized spacial score (nSPS) is 12.2. The Labute approximate surface area is 73.5 Å². The molecule has 0 heterocycles. The molecule has 0 saturated heterocycles. The molecule has 0 aromatic carbocycles. The summed E-state index contributed by atoms with van der Waals surface area (Å²) in [5.74, 6) is 0.0972. The van der Waals surface area contributed by atoms with Crippen LogP contribution in [0.2, 0.25) is 0 Å². The molecule has 0 bridgehead atoms. The molecular weight excluding hydrogens is 160 g/mol. The maximum atomic E-state index is 8.37. The van der Waals surface area contributed by atoms with Gasteiger partial charge < -0.3 is 20.4 Å². The van der Waals surface area contributed by atoms with Crippen molar-refractivity contribution in [2.24, 2.45) is 5.92 Å². The Kier molecular flexibility index (Phi) is 13.0. The van der Waals surface area contributed by atoms with Crippen LogP contribution in [0.25, 0.3) is 0 Å². The molecule has 0 aromatic heterocycles. The molecule has 4 N–H and O–H groups in total. The van der Waals surface area contributed by atoms with E-state index in [0.29, 0.717) is 0 Å². The molecule has 1 atom stereocenters. The van der Waals surface area contributed by atoms with Gasteiger partial charge in [0.2, 0.25) is 0 Å². The summed E-state index contributed by atoms with van der Waals surface area (Å²) in [7, 11) is 0. The summed E-state index contributed by atoms with van der Waals surface area (Å²) in [6.45, 7) is 3.54. The molecule has 0 amide bonds. The molecule has 0 saturated carbocycles. The van der Waals surface area contributed by atoms with E-state index in [1.54, 1.807) is 0 Å². The Balaban J connectivity index is 0. The summed E-state index contributed by atoms with van der Waals surface area (Å²) in [4.78, 5) is 0. The Morgan fingerprint density at radius 2 is 1.33 bits per heavy atom. The van der Waals surface area contributed by atoms with E-state index in [2.05, 4.69) is 0 Å². The number of aliphatic hydroxyl groups excluding tert-OH is 4. The maximum Gasteiger partial charge on any atom is 0.0742 e. The fourth-order valence-corrected chi connectivity index (χ4v) is 0.316. The van der Waals surface area contributed by atoms with E-state index in [0.717, 1.165) is 6.42 Å². The van der Waals surface area contributed by atoms with Crippen LogP contribution in [0.4, 0.5) is 0 Å². The summed E-state index contributed by atoms with van der Waals surface area (Å²) in [6, 6.07) is 0. The van der Waals surface area contributed by atoms with E-state index in [1.807, 2.05) is 6.92 Å². The minimum absolute atomic E-state index is 0.0972. The van der Waals surface area contributed by atoms with E-state index in [9.17, 15) is 0 Å². The SMILES string of the molecule is CC(O)CO.CCC(CO)CO. The predicted octanol–water partition coefficient (Wildman–Crippen LogP) is -0.643. The minimum atomic E-state index is -0.560. The first-order valence-electron chi connectivity index (χ1n) is 4.12. The van der Waals surface area contributed by atoms with Gasteiger partial charge in [-0.2, -0.15) is 0 Å². The molecule has 0 spiro atoms. The molecule has 0 aliphatic heterocycles. The van der Waals surface area contributed by atoms with Crippen LogP contribution >= 0.6 is 0 Å². The van der Waals surface area contributed by atoms with Gasteiger partial charge in [-0.15, -0.1) is 0 Å².